The van der Waals surface area contributed by atoms with Crippen molar-refractivity contribution < 1.29 is 4.79 Å². The molecule has 4 aromatic rings. The Morgan fingerprint density at radius 2 is 2.11 bits per heavy atom. The zero-order valence-corrected chi connectivity index (χ0v) is 14.0. The van der Waals surface area contributed by atoms with Gasteiger partial charge in [0.2, 0.25) is 11.9 Å². The van der Waals surface area contributed by atoms with E-state index in [1.54, 1.807) is 29.3 Å². The van der Waals surface area contributed by atoms with E-state index >= 15 is 0 Å². The number of aromatic amines is 1. The summed E-state index contributed by atoms with van der Waals surface area (Å²) in [4.78, 5) is 25.4. The van der Waals surface area contributed by atoms with Gasteiger partial charge in [-0.2, -0.15) is 15.2 Å². The van der Waals surface area contributed by atoms with Crippen LogP contribution in [0.2, 0.25) is 0 Å². The zero-order chi connectivity index (χ0) is 18.0. The Kier molecular flexibility index (Phi) is 2.59. The number of nitrogens with zero attached hydrogens (tertiary/aromatic N) is 6. The normalized spacial score (nSPS) is 16.5. The van der Waals surface area contributed by atoms with Crippen molar-refractivity contribution in [1.29, 1.82) is 0 Å². The fraction of sp³-hybridized carbons (Fsp3) is 0.176. The number of hydrogen-bond acceptors (Lipinski definition) is 7. The fourth-order valence-electron chi connectivity index (χ4n) is 3.57. The summed E-state index contributed by atoms with van der Waals surface area (Å²) in [5, 5.41) is 17.4. The Morgan fingerprint density at radius 3 is 3.00 bits per heavy atom. The average molecular weight is 359 g/mol. The highest BCUT2D eigenvalue weighted by atomic mass is 16.2. The van der Waals surface area contributed by atoms with Crippen LogP contribution in [0.4, 0.5) is 17.5 Å². The van der Waals surface area contributed by atoms with Crippen LogP contribution in [0, 0.1) is 0 Å². The molecule has 1 spiro atoms. The second kappa shape index (κ2) is 4.87. The fourth-order valence-corrected chi connectivity index (χ4v) is 3.57. The number of carbonyl (C=O) groups excluding carboxylic acids is 1. The van der Waals surface area contributed by atoms with Gasteiger partial charge in [-0.1, -0.05) is 0 Å². The molecule has 10 heteroatoms. The molecular weight excluding hydrogens is 346 g/mol. The maximum Gasteiger partial charge on any atom is 0.236 e. The lowest BCUT2D eigenvalue weighted by Gasteiger charge is -2.07. The second-order valence-electron chi connectivity index (χ2n) is 6.72. The number of hydrogen-bond donors (Lipinski definition) is 3. The van der Waals surface area contributed by atoms with E-state index in [0.717, 1.165) is 29.7 Å². The van der Waals surface area contributed by atoms with Crippen molar-refractivity contribution in [2.45, 2.75) is 18.3 Å². The van der Waals surface area contributed by atoms with Crippen LogP contribution in [0.15, 0.2) is 37.1 Å². The molecule has 0 aromatic carbocycles. The number of rotatable bonds is 3. The van der Waals surface area contributed by atoms with Gasteiger partial charge in [0, 0.05) is 24.2 Å². The molecule has 0 unspecified atom stereocenters. The van der Waals surface area contributed by atoms with E-state index < -0.39 is 5.41 Å². The SMILES string of the molecule is O=C1Nc2nc(Nc3cn[nH]c3-c3cnn4cccnc34)ncc2C12CC2. The van der Waals surface area contributed by atoms with Crippen molar-refractivity contribution in [1.82, 2.24) is 34.8 Å². The number of amides is 1. The van der Waals surface area contributed by atoms with Gasteiger partial charge in [-0.25, -0.2) is 14.5 Å². The first-order valence-electron chi connectivity index (χ1n) is 8.53. The van der Waals surface area contributed by atoms with Gasteiger partial charge in [0.15, 0.2) is 5.65 Å². The quantitative estimate of drug-likeness (QED) is 0.507. The average Bonchev–Trinajstić information content (AvgIpc) is 3.05. The highest BCUT2D eigenvalue weighted by Crippen LogP contribution is 2.54. The van der Waals surface area contributed by atoms with Gasteiger partial charge in [-0.3, -0.25) is 9.89 Å². The minimum atomic E-state index is -0.391. The van der Waals surface area contributed by atoms with Crippen LogP contribution in [-0.2, 0) is 10.2 Å². The first kappa shape index (κ1) is 14.4. The summed E-state index contributed by atoms with van der Waals surface area (Å²) in [5.41, 5.74) is 3.44. The van der Waals surface area contributed by atoms with Crippen LogP contribution in [-0.4, -0.2) is 40.7 Å². The molecule has 27 heavy (non-hydrogen) atoms. The molecule has 1 saturated carbocycles. The van der Waals surface area contributed by atoms with E-state index in [-0.39, 0.29) is 5.91 Å². The topological polar surface area (TPSA) is 126 Å². The molecule has 1 aliphatic heterocycles. The standard InChI is InChI=1S/C17H13N9O/c27-15-17(2-3-17)10-7-19-16(24-13(10)23-15)22-11-8-20-25-12(11)9-6-21-26-5-1-4-18-14(9)26/h1,4-8H,2-3H2,(H,20,25)(H2,19,22,23,24,27). The van der Waals surface area contributed by atoms with E-state index in [4.69, 9.17) is 0 Å². The van der Waals surface area contributed by atoms with Crippen molar-refractivity contribution in [3.63, 3.8) is 0 Å². The molecule has 6 rings (SSSR count). The molecule has 132 valence electrons. The molecule has 5 heterocycles. The summed E-state index contributed by atoms with van der Waals surface area (Å²) >= 11 is 0. The van der Waals surface area contributed by atoms with Crippen LogP contribution >= 0.6 is 0 Å². The Morgan fingerprint density at radius 1 is 1.19 bits per heavy atom. The van der Waals surface area contributed by atoms with Gasteiger partial charge in [0.1, 0.15) is 5.82 Å². The molecule has 10 nitrogen and oxygen atoms in total. The van der Waals surface area contributed by atoms with Crippen molar-refractivity contribution in [2.24, 2.45) is 0 Å². The van der Waals surface area contributed by atoms with Crippen molar-refractivity contribution in [3.05, 3.63) is 42.6 Å². The van der Waals surface area contributed by atoms with Crippen LogP contribution in [0.1, 0.15) is 18.4 Å². The van der Waals surface area contributed by atoms with Crippen LogP contribution < -0.4 is 10.6 Å². The smallest absolute Gasteiger partial charge is 0.236 e. The summed E-state index contributed by atoms with van der Waals surface area (Å²) in [6.07, 6.45) is 10.4. The van der Waals surface area contributed by atoms with Gasteiger partial charge in [0.25, 0.3) is 0 Å². The van der Waals surface area contributed by atoms with E-state index in [9.17, 15) is 4.79 Å². The Hall–Kier alpha value is -3.82. The summed E-state index contributed by atoms with van der Waals surface area (Å²) < 4.78 is 1.69. The van der Waals surface area contributed by atoms with Gasteiger partial charge >= 0.3 is 0 Å². The number of H-pyrrole nitrogens is 1. The first-order valence-corrected chi connectivity index (χ1v) is 8.53. The molecule has 2 aliphatic rings. The van der Waals surface area contributed by atoms with Gasteiger partial charge in [0.05, 0.1) is 34.8 Å². The molecule has 0 saturated heterocycles. The molecular formula is C17H13N9O. The zero-order valence-electron chi connectivity index (χ0n) is 14.0. The van der Waals surface area contributed by atoms with E-state index in [1.807, 2.05) is 12.3 Å². The molecule has 4 aromatic heterocycles. The number of fused-ring (bicyclic) bond motifs is 3. The lowest BCUT2D eigenvalue weighted by molar-refractivity contribution is -0.117. The van der Waals surface area contributed by atoms with Crippen LogP contribution in [0.5, 0.6) is 0 Å². The number of carbonyl (C=O) groups is 1. The largest absolute Gasteiger partial charge is 0.321 e. The van der Waals surface area contributed by atoms with Crippen LogP contribution in [0.25, 0.3) is 16.9 Å². The molecule has 0 radical (unpaired) electrons. The van der Waals surface area contributed by atoms with E-state index in [1.165, 1.54) is 0 Å². The Labute approximate surface area is 152 Å². The number of nitrogens with one attached hydrogen (secondary N) is 3. The molecule has 1 amide bonds. The van der Waals surface area contributed by atoms with E-state index in [0.29, 0.717) is 23.1 Å². The first-order chi connectivity index (χ1) is 13.2. The third-order valence-corrected chi connectivity index (χ3v) is 5.16. The summed E-state index contributed by atoms with van der Waals surface area (Å²) in [7, 11) is 0. The maximum absolute atomic E-state index is 12.1. The Balaban J connectivity index is 1.37. The number of aromatic nitrogens is 7. The lowest BCUT2D eigenvalue weighted by Crippen LogP contribution is -2.18. The van der Waals surface area contributed by atoms with Gasteiger partial charge < -0.3 is 10.6 Å². The van der Waals surface area contributed by atoms with Crippen molar-refractivity contribution >= 4 is 29.0 Å². The van der Waals surface area contributed by atoms with Crippen molar-refractivity contribution in [2.75, 3.05) is 10.6 Å². The molecule has 0 atom stereocenters. The molecule has 3 N–H and O–H groups in total. The minimum Gasteiger partial charge on any atom is -0.321 e. The van der Waals surface area contributed by atoms with Crippen LogP contribution in [0.3, 0.4) is 0 Å². The maximum atomic E-state index is 12.1. The molecule has 1 fully saturated rings. The second-order valence-corrected chi connectivity index (χ2v) is 6.72. The minimum absolute atomic E-state index is 0.0189. The summed E-state index contributed by atoms with van der Waals surface area (Å²) in [5.74, 6) is 0.988. The third kappa shape index (κ3) is 1.94. The lowest BCUT2D eigenvalue weighted by atomic mass is 10.0. The molecule has 1 aliphatic carbocycles. The van der Waals surface area contributed by atoms with Crippen molar-refractivity contribution in [3.8, 4) is 11.3 Å². The van der Waals surface area contributed by atoms with E-state index in [2.05, 4.69) is 40.9 Å². The third-order valence-electron chi connectivity index (χ3n) is 5.16. The molecule has 0 bridgehead atoms. The predicted octanol–water partition coefficient (Wildman–Crippen LogP) is 1.64. The highest BCUT2D eigenvalue weighted by molar-refractivity contribution is 6.07. The Bertz CT molecular complexity index is 1220. The monoisotopic (exact) mass is 359 g/mol. The van der Waals surface area contributed by atoms with Gasteiger partial charge in [-0.15, -0.1) is 0 Å². The predicted molar refractivity (Wildman–Crippen MR) is 95.4 cm³/mol. The van der Waals surface area contributed by atoms with Gasteiger partial charge in [-0.05, 0) is 18.9 Å². The number of anilines is 3. The highest BCUT2D eigenvalue weighted by Gasteiger charge is 2.57. The summed E-state index contributed by atoms with van der Waals surface area (Å²) in [6.45, 7) is 0. The summed E-state index contributed by atoms with van der Waals surface area (Å²) in [6, 6.07) is 1.81.